The van der Waals surface area contributed by atoms with Gasteiger partial charge in [-0.15, -0.1) is 0 Å². The molecule has 0 bridgehead atoms. The van der Waals surface area contributed by atoms with Crippen LogP contribution in [0.3, 0.4) is 0 Å². The topological polar surface area (TPSA) is 104 Å². The maximum absolute atomic E-state index is 13.5. The molecule has 1 aromatic carbocycles. The minimum absolute atomic E-state index is 0.196. The van der Waals surface area contributed by atoms with Crippen molar-refractivity contribution < 1.29 is 23.5 Å². The summed E-state index contributed by atoms with van der Waals surface area (Å²) in [5.74, 6) is -4.95. The first-order valence-corrected chi connectivity index (χ1v) is 8.61. The number of nitriles is 1. The van der Waals surface area contributed by atoms with E-state index in [1.807, 2.05) is 0 Å². The van der Waals surface area contributed by atoms with Crippen LogP contribution in [-0.2, 0) is 16.0 Å². The molecular formula is C19H20F2N2O3. The molecule has 5 nitrogen and oxygen atoms in total. The number of ketones is 1. The number of rotatable bonds is 6. The first-order chi connectivity index (χ1) is 12.3. The Morgan fingerprint density at radius 2 is 2.08 bits per heavy atom. The van der Waals surface area contributed by atoms with E-state index in [2.05, 4.69) is 6.07 Å². The van der Waals surface area contributed by atoms with E-state index in [9.17, 15) is 28.7 Å². The zero-order valence-electron chi connectivity index (χ0n) is 14.3. The molecule has 0 aliphatic heterocycles. The van der Waals surface area contributed by atoms with Crippen LogP contribution in [0.2, 0.25) is 0 Å². The highest BCUT2D eigenvalue weighted by Gasteiger charge is 2.83. The Kier molecular flexibility index (Phi) is 4.35. The van der Waals surface area contributed by atoms with E-state index in [0.29, 0.717) is 18.4 Å². The van der Waals surface area contributed by atoms with E-state index in [0.717, 1.165) is 12.1 Å². The Morgan fingerprint density at radius 3 is 2.58 bits per heavy atom. The summed E-state index contributed by atoms with van der Waals surface area (Å²) in [6.45, 7) is 1.43. The van der Waals surface area contributed by atoms with Crippen molar-refractivity contribution >= 4 is 11.8 Å². The molecule has 3 rings (SSSR count). The maximum Gasteiger partial charge on any atom is 0.307 e. The van der Waals surface area contributed by atoms with Crippen LogP contribution in [0.15, 0.2) is 18.2 Å². The molecule has 0 radical (unpaired) electrons. The fraction of sp³-hybridized carbons (Fsp3) is 0.526. The molecule has 138 valence electrons. The first-order valence-electron chi connectivity index (χ1n) is 8.61. The molecule has 26 heavy (non-hydrogen) atoms. The zero-order valence-corrected chi connectivity index (χ0v) is 14.3. The molecule has 0 amide bonds. The van der Waals surface area contributed by atoms with Gasteiger partial charge in [0.2, 0.25) is 0 Å². The van der Waals surface area contributed by atoms with Gasteiger partial charge in [-0.1, -0.05) is 13.0 Å². The minimum atomic E-state index is -1.52. The SMILES string of the molecule is CCC12C(CC(Cc3ccc(F)c(F)c3)C1(C#N)C(=O)CN)C2C(=O)O. The number of fused-ring (bicyclic) bond motifs is 1. The Labute approximate surface area is 149 Å². The number of carbonyl (C=O) groups excluding carboxylic acids is 1. The van der Waals surface area contributed by atoms with Gasteiger partial charge < -0.3 is 10.8 Å². The van der Waals surface area contributed by atoms with E-state index in [1.165, 1.54) is 6.07 Å². The zero-order chi connectivity index (χ0) is 19.3. The lowest BCUT2D eigenvalue weighted by Crippen LogP contribution is -2.48. The van der Waals surface area contributed by atoms with Crippen molar-refractivity contribution in [1.82, 2.24) is 0 Å². The van der Waals surface area contributed by atoms with Gasteiger partial charge in [0, 0.05) is 5.41 Å². The van der Waals surface area contributed by atoms with Crippen LogP contribution in [0.4, 0.5) is 8.78 Å². The summed E-state index contributed by atoms with van der Waals surface area (Å²) in [4.78, 5) is 24.4. The summed E-state index contributed by atoms with van der Waals surface area (Å²) >= 11 is 0. The van der Waals surface area contributed by atoms with Gasteiger partial charge in [-0.25, -0.2) is 8.78 Å². The van der Waals surface area contributed by atoms with Crippen molar-refractivity contribution in [2.75, 3.05) is 6.54 Å². The second kappa shape index (κ2) is 6.13. The highest BCUT2D eigenvalue weighted by molar-refractivity contribution is 5.94. The lowest BCUT2D eigenvalue weighted by atomic mass is 9.61. The molecule has 0 spiro atoms. The molecule has 2 saturated carbocycles. The number of nitrogens with zero attached hydrogens (tertiary/aromatic N) is 1. The summed E-state index contributed by atoms with van der Waals surface area (Å²) in [7, 11) is 0. The van der Waals surface area contributed by atoms with Crippen LogP contribution in [0.25, 0.3) is 0 Å². The molecule has 0 heterocycles. The highest BCUT2D eigenvalue weighted by Crippen LogP contribution is 2.79. The predicted octanol–water partition coefficient (Wildman–Crippen LogP) is 2.29. The summed E-state index contributed by atoms with van der Waals surface area (Å²) in [5.41, 5.74) is 3.58. The number of Topliss-reactive ketones (excluding diaryl/α,β-unsaturated/α-hetero) is 1. The fourth-order valence-corrected chi connectivity index (χ4v) is 5.51. The molecule has 2 aliphatic carbocycles. The van der Waals surface area contributed by atoms with E-state index in [1.54, 1.807) is 6.92 Å². The molecule has 0 saturated heterocycles. The van der Waals surface area contributed by atoms with Crippen molar-refractivity contribution in [2.45, 2.75) is 26.2 Å². The maximum atomic E-state index is 13.5. The number of nitrogens with two attached hydrogens (primary N) is 1. The number of hydrogen-bond acceptors (Lipinski definition) is 4. The third-order valence-electron chi connectivity index (χ3n) is 6.51. The largest absolute Gasteiger partial charge is 0.481 e. The third kappa shape index (κ3) is 2.15. The molecule has 5 atom stereocenters. The van der Waals surface area contributed by atoms with E-state index in [4.69, 9.17) is 5.73 Å². The van der Waals surface area contributed by atoms with Crippen LogP contribution < -0.4 is 5.73 Å². The van der Waals surface area contributed by atoms with Gasteiger partial charge in [0.1, 0.15) is 5.41 Å². The van der Waals surface area contributed by atoms with Crippen molar-refractivity contribution in [3.63, 3.8) is 0 Å². The van der Waals surface area contributed by atoms with Crippen LogP contribution in [-0.4, -0.2) is 23.4 Å². The van der Waals surface area contributed by atoms with E-state index >= 15 is 0 Å². The number of benzene rings is 1. The van der Waals surface area contributed by atoms with Crippen molar-refractivity contribution in [1.29, 1.82) is 5.26 Å². The van der Waals surface area contributed by atoms with Crippen molar-refractivity contribution in [2.24, 2.45) is 34.3 Å². The monoisotopic (exact) mass is 362 g/mol. The second-order valence-corrected chi connectivity index (χ2v) is 7.25. The Hall–Kier alpha value is -2.33. The van der Waals surface area contributed by atoms with E-state index in [-0.39, 0.29) is 18.9 Å². The number of hydrogen-bond donors (Lipinski definition) is 2. The average molecular weight is 362 g/mol. The molecule has 2 fully saturated rings. The fourth-order valence-electron chi connectivity index (χ4n) is 5.51. The summed E-state index contributed by atoms with van der Waals surface area (Å²) in [6.07, 6.45) is 0.951. The van der Waals surface area contributed by atoms with Crippen LogP contribution in [0, 0.1) is 51.5 Å². The molecule has 3 N–H and O–H groups in total. The Bertz CT molecular complexity index is 821. The molecule has 0 aromatic heterocycles. The lowest BCUT2D eigenvalue weighted by Gasteiger charge is -2.37. The third-order valence-corrected chi connectivity index (χ3v) is 6.51. The Balaban J connectivity index is 2.04. The van der Waals surface area contributed by atoms with Crippen LogP contribution in [0.5, 0.6) is 0 Å². The summed E-state index contributed by atoms with van der Waals surface area (Å²) in [6, 6.07) is 5.62. The molecule has 1 aromatic rings. The molecule has 5 unspecified atom stereocenters. The van der Waals surface area contributed by atoms with Crippen LogP contribution in [0.1, 0.15) is 25.3 Å². The van der Waals surface area contributed by atoms with Gasteiger partial charge in [-0.2, -0.15) is 5.26 Å². The van der Waals surface area contributed by atoms with Crippen LogP contribution >= 0.6 is 0 Å². The number of carboxylic acids is 1. The predicted molar refractivity (Wildman–Crippen MR) is 87.6 cm³/mol. The summed E-state index contributed by atoms with van der Waals surface area (Å²) in [5, 5.41) is 19.5. The van der Waals surface area contributed by atoms with Crippen molar-refractivity contribution in [3.05, 3.63) is 35.4 Å². The highest BCUT2D eigenvalue weighted by atomic mass is 19.2. The van der Waals surface area contributed by atoms with Gasteiger partial charge >= 0.3 is 5.97 Å². The Morgan fingerprint density at radius 1 is 1.38 bits per heavy atom. The molecular weight excluding hydrogens is 342 g/mol. The minimum Gasteiger partial charge on any atom is -0.481 e. The normalized spacial score (nSPS) is 34.8. The lowest BCUT2D eigenvalue weighted by molar-refractivity contribution is -0.142. The van der Waals surface area contributed by atoms with E-state index < -0.39 is 46.1 Å². The van der Waals surface area contributed by atoms with Gasteiger partial charge in [-0.3, -0.25) is 9.59 Å². The van der Waals surface area contributed by atoms with Gasteiger partial charge in [0.25, 0.3) is 0 Å². The smallest absolute Gasteiger partial charge is 0.307 e. The quantitative estimate of drug-likeness (QED) is 0.808. The van der Waals surface area contributed by atoms with Gasteiger partial charge in [-0.05, 0) is 48.8 Å². The summed E-state index contributed by atoms with van der Waals surface area (Å²) < 4.78 is 26.7. The van der Waals surface area contributed by atoms with Gasteiger partial charge in [0.15, 0.2) is 17.4 Å². The molecule has 2 aliphatic rings. The first kappa shape index (κ1) is 18.5. The molecule has 7 heteroatoms. The number of carboxylic acid groups (broad SMARTS) is 1. The second-order valence-electron chi connectivity index (χ2n) is 7.25. The standard InChI is InChI=1S/C19H20F2N2O3/c1-2-18-12(16(18)17(25)26)7-11(19(18,9-23)15(24)8-22)5-10-3-4-13(20)14(21)6-10/h3-4,6,11-12,16H,2,5,7-8,22H2,1H3,(H,25,26). The van der Waals surface area contributed by atoms with Gasteiger partial charge in [0.05, 0.1) is 18.5 Å². The number of halogens is 2. The average Bonchev–Trinajstić information content (AvgIpc) is 3.19. The van der Waals surface area contributed by atoms with Crippen molar-refractivity contribution in [3.8, 4) is 6.07 Å². The number of aliphatic carboxylic acids is 1. The number of carbonyl (C=O) groups is 2.